The molecular formula is C9H9Br2N3OS. The van der Waals surface area contributed by atoms with Crippen LogP contribution in [0.15, 0.2) is 19.8 Å². The fraction of sp³-hybridized carbons (Fsp3) is 0.333. The molecule has 7 heteroatoms. The molecule has 1 N–H and O–H groups in total. The van der Waals surface area contributed by atoms with Gasteiger partial charge in [-0.15, -0.1) is 16.4 Å². The second kappa shape index (κ2) is 4.95. The van der Waals surface area contributed by atoms with Gasteiger partial charge in [0.2, 0.25) is 0 Å². The number of hydrogen-bond acceptors (Lipinski definition) is 4. The quantitative estimate of drug-likeness (QED) is 0.908. The lowest BCUT2D eigenvalue weighted by Gasteiger charge is -2.06. The Balaban J connectivity index is 2.14. The molecule has 1 unspecified atom stereocenters. The third-order valence-electron chi connectivity index (χ3n) is 2.09. The molecule has 4 nitrogen and oxygen atoms in total. The molecule has 0 amide bonds. The fourth-order valence-corrected chi connectivity index (χ4v) is 4.33. The van der Waals surface area contributed by atoms with Gasteiger partial charge in [-0.25, -0.2) is 0 Å². The first kappa shape index (κ1) is 12.2. The molecule has 0 radical (unpaired) electrons. The normalized spacial score (nSPS) is 13.0. The molecule has 2 aromatic rings. The topological polar surface area (TPSA) is 50.9 Å². The van der Waals surface area contributed by atoms with Crippen LogP contribution in [-0.4, -0.2) is 20.1 Å². The Morgan fingerprint density at radius 1 is 1.56 bits per heavy atom. The molecule has 0 spiro atoms. The summed E-state index contributed by atoms with van der Waals surface area (Å²) in [4.78, 5) is 0. The molecule has 2 rings (SSSR count). The highest BCUT2D eigenvalue weighted by Gasteiger charge is 2.16. The van der Waals surface area contributed by atoms with Gasteiger partial charge < -0.3 is 5.11 Å². The molecule has 0 fully saturated rings. The van der Waals surface area contributed by atoms with Crippen molar-refractivity contribution in [2.45, 2.75) is 12.5 Å². The summed E-state index contributed by atoms with van der Waals surface area (Å²) < 4.78 is 3.56. The zero-order valence-electron chi connectivity index (χ0n) is 8.39. The van der Waals surface area contributed by atoms with Gasteiger partial charge in [-0.05, 0) is 37.9 Å². The Labute approximate surface area is 114 Å². The van der Waals surface area contributed by atoms with E-state index < -0.39 is 6.10 Å². The van der Waals surface area contributed by atoms with Crippen molar-refractivity contribution in [2.24, 2.45) is 7.05 Å². The number of hydrogen-bond donors (Lipinski definition) is 1. The zero-order chi connectivity index (χ0) is 11.7. The summed E-state index contributed by atoms with van der Waals surface area (Å²) in [5.74, 6) is 0. The predicted molar refractivity (Wildman–Crippen MR) is 69.4 cm³/mol. The summed E-state index contributed by atoms with van der Waals surface area (Å²) in [7, 11) is 1.81. The molecule has 86 valence electrons. The van der Waals surface area contributed by atoms with Crippen LogP contribution in [0.25, 0.3) is 0 Å². The number of halogens is 2. The van der Waals surface area contributed by atoms with Gasteiger partial charge >= 0.3 is 0 Å². The number of rotatable bonds is 3. The van der Waals surface area contributed by atoms with E-state index in [2.05, 4.69) is 42.2 Å². The summed E-state index contributed by atoms with van der Waals surface area (Å²) >= 11 is 8.36. The summed E-state index contributed by atoms with van der Waals surface area (Å²) in [5.41, 5.74) is 1.66. The monoisotopic (exact) mass is 365 g/mol. The smallest absolute Gasteiger partial charge is 0.0866 e. The maximum Gasteiger partial charge on any atom is 0.0866 e. The highest BCUT2D eigenvalue weighted by atomic mass is 79.9. The number of aliphatic hydroxyl groups is 1. The van der Waals surface area contributed by atoms with Crippen LogP contribution in [-0.2, 0) is 13.5 Å². The van der Waals surface area contributed by atoms with Gasteiger partial charge in [0.15, 0.2) is 0 Å². The van der Waals surface area contributed by atoms with Crippen molar-refractivity contribution in [3.05, 3.63) is 31.1 Å². The first-order chi connectivity index (χ1) is 7.56. The van der Waals surface area contributed by atoms with E-state index in [9.17, 15) is 5.11 Å². The molecule has 2 heterocycles. The summed E-state index contributed by atoms with van der Waals surface area (Å²) in [6.45, 7) is 0. The minimum absolute atomic E-state index is 0.468. The van der Waals surface area contributed by atoms with Gasteiger partial charge in [0.25, 0.3) is 0 Å². The maximum absolute atomic E-state index is 10.1. The van der Waals surface area contributed by atoms with Crippen molar-refractivity contribution in [2.75, 3.05) is 0 Å². The number of thiophene rings is 1. The first-order valence-electron chi connectivity index (χ1n) is 4.54. The minimum Gasteiger partial charge on any atom is -0.388 e. The average molecular weight is 367 g/mol. The van der Waals surface area contributed by atoms with E-state index in [0.29, 0.717) is 6.42 Å². The molecule has 0 aliphatic rings. The van der Waals surface area contributed by atoms with Gasteiger partial charge in [0.05, 0.1) is 19.4 Å². The lowest BCUT2D eigenvalue weighted by atomic mass is 10.1. The van der Waals surface area contributed by atoms with Crippen LogP contribution in [0.2, 0.25) is 0 Å². The Bertz CT molecular complexity index is 497. The molecular weight excluding hydrogens is 358 g/mol. The molecule has 0 aromatic carbocycles. The molecule has 0 saturated carbocycles. The first-order valence-corrected chi connectivity index (χ1v) is 6.94. The second-order valence-corrected chi connectivity index (χ2v) is 7.13. The van der Waals surface area contributed by atoms with Crippen LogP contribution in [0, 0.1) is 0 Å². The number of nitrogens with zero attached hydrogens (tertiary/aromatic N) is 3. The molecule has 0 bridgehead atoms. The molecule has 0 aliphatic carbocycles. The Hall–Kier alpha value is -0.240. The van der Waals surface area contributed by atoms with Gasteiger partial charge in [-0.2, -0.15) is 0 Å². The van der Waals surface area contributed by atoms with Crippen molar-refractivity contribution in [3.63, 3.8) is 0 Å². The van der Waals surface area contributed by atoms with Crippen molar-refractivity contribution < 1.29 is 5.11 Å². The summed E-state index contributed by atoms with van der Waals surface area (Å²) in [5, 5.41) is 17.8. The van der Waals surface area contributed by atoms with Crippen molar-refractivity contribution >= 4 is 43.2 Å². The average Bonchev–Trinajstić information content (AvgIpc) is 2.73. The largest absolute Gasteiger partial charge is 0.388 e. The van der Waals surface area contributed by atoms with Crippen LogP contribution in [0.5, 0.6) is 0 Å². The molecule has 0 aliphatic heterocycles. The van der Waals surface area contributed by atoms with E-state index in [4.69, 9.17) is 0 Å². The van der Waals surface area contributed by atoms with Crippen molar-refractivity contribution in [1.29, 1.82) is 0 Å². The van der Waals surface area contributed by atoms with Gasteiger partial charge in [0.1, 0.15) is 0 Å². The van der Waals surface area contributed by atoms with Crippen molar-refractivity contribution in [3.8, 4) is 0 Å². The van der Waals surface area contributed by atoms with Crippen LogP contribution in [0.3, 0.4) is 0 Å². The Morgan fingerprint density at radius 3 is 2.81 bits per heavy atom. The van der Waals surface area contributed by atoms with E-state index in [0.717, 1.165) is 18.8 Å². The third-order valence-corrected chi connectivity index (χ3v) is 4.48. The Kier molecular flexibility index (Phi) is 3.78. The van der Waals surface area contributed by atoms with Gasteiger partial charge in [-0.1, -0.05) is 5.21 Å². The summed E-state index contributed by atoms with van der Waals surface area (Å²) in [6.07, 6.45) is 1.71. The molecule has 2 aromatic heterocycles. The third kappa shape index (κ3) is 2.71. The highest BCUT2D eigenvalue weighted by molar-refractivity contribution is 9.12. The maximum atomic E-state index is 10.1. The lowest BCUT2D eigenvalue weighted by Crippen LogP contribution is -2.01. The van der Waals surface area contributed by atoms with Crippen molar-refractivity contribution in [1.82, 2.24) is 15.0 Å². The standard InChI is InChI=1S/C9H9Br2N3OS/c1-14-4-5(12-13-14)2-7(15)6-3-8(10)16-9(6)11/h3-4,7,15H,2H2,1H3. The van der Waals surface area contributed by atoms with E-state index >= 15 is 0 Å². The fourth-order valence-electron chi connectivity index (χ4n) is 1.38. The highest BCUT2D eigenvalue weighted by Crippen LogP contribution is 2.36. The van der Waals surface area contributed by atoms with Gasteiger partial charge in [0, 0.05) is 25.2 Å². The van der Waals surface area contributed by atoms with Crippen LogP contribution < -0.4 is 0 Å². The lowest BCUT2D eigenvalue weighted by molar-refractivity contribution is 0.177. The number of aliphatic hydroxyl groups excluding tert-OH is 1. The molecule has 16 heavy (non-hydrogen) atoms. The van der Waals surface area contributed by atoms with E-state index in [1.165, 1.54) is 0 Å². The van der Waals surface area contributed by atoms with E-state index in [1.54, 1.807) is 29.3 Å². The van der Waals surface area contributed by atoms with Crippen LogP contribution >= 0.6 is 43.2 Å². The van der Waals surface area contributed by atoms with Crippen LogP contribution in [0.1, 0.15) is 17.4 Å². The van der Waals surface area contributed by atoms with E-state index in [1.807, 2.05) is 6.07 Å². The zero-order valence-corrected chi connectivity index (χ0v) is 12.4. The molecule has 0 saturated heterocycles. The van der Waals surface area contributed by atoms with E-state index in [-0.39, 0.29) is 0 Å². The predicted octanol–water partition coefficient (Wildman–Crippen LogP) is 2.68. The second-order valence-electron chi connectivity index (χ2n) is 3.38. The number of aryl methyl sites for hydroxylation is 1. The Morgan fingerprint density at radius 2 is 2.31 bits per heavy atom. The molecule has 1 atom stereocenters. The number of aromatic nitrogens is 3. The minimum atomic E-state index is -0.561. The van der Waals surface area contributed by atoms with Crippen LogP contribution in [0.4, 0.5) is 0 Å². The summed E-state index contributed by atoms with van der Waals surface area (Å²) in [6, 6.07) is 1.91. The van der Waals surface area contributed by atoms with Gasteiger partial charge in [-0.3, -0.25) is 4.68 Å². The SMILES string of the molecule is Cn1cc(CC(O)c2cc(Br)sc2Br)nn1.